The van der Waals surface area contributed by atoms with E-state index in [9.17, 15) is 4.79 Å². The summed E-state index contributed by atoms with van der Waals surface area (Å²) in [5.74, 6) is 0.220. The summed E-state index contributed by atoms with van der Waals surface area (Å²) in [4.78, 5) is 16.6. The van der Waals surface area contributed by atoms with Crippen molar-refractivity contribution in [3.8, 4) is 0 Å². The van der Waals surface area contributed by atoms with Crippen LogP contribution in [0.2, 0.25) is 0 Å². The number of amides is 1. The Balaban J connectivity index is 0.00000200. The average molecular weight is 354 g/mol. The van der Waals surface area contributed by atoms with E-state index >= 15 is 0 Å². The number of hydrogen-bond acceptors (Lipinski definition) is 4. The van der Waals surface area contributed by atoms with Crippen molar-refractivity contribution in [3.05, 3.63) is 16.1 Å². The fourth-order valence-electron chi connectivity index (χ4n) is 2.30. The van der Waals surface area contributed by atoms with Gasteiger partial charge in [0.15, 0.2) is 0 Å². The molecule has 1 amide bonds. The van der Waals surface area contributed by atoms with Gasteiger partial charge in [-0.2, -0.15) is 0 Å². The zero-order valence-corrected chi connectivity index (χ0v) is 15.2. The number of carbonyl (C=O) groups is 1. The van der Waals surface area contributed by atoms with Crippen LogP contribution >= 0.6 is 36.2 Å². The molecule has 1 aliphatic rings. The standard InChI is InChI=1S/C14H23N3OS.2ClH/c1-14(2,3)11-8-19-12(17-11)7-16-13(18)9-4-5-10(15)6-9;;/h8-10H,4-7,15H2,1-3H3,(H,16,18);2*1H. The average Bonchev–Trinajstić information content (AvgIpc) is 2.93. The molecule has 122 valence electrons. The molecule has 1 saturated carbocycles. The number of rotatable bonds is 3. The van der Waals surface area contributed by atoms with Gasteiger partial charge in [0.05, 0.1) is 12.2 Å². The van der Waals surface area contributed by atoms with E-state index in [4.69, 9.17) is 5.73 Å². The van der Waals surface area contributed by atoms with Crippen molar-refractivity contribution in [3.63, 3.8) is 0 Å². The molecule has 21 heavy (non-hydrogen) atoms. The molecule has 1 fully saturated rings. The van der Waals surface area contributed by atoms with E-state index in [1.165, 1.54) is 0 Å². The van der Waals surface area contributed by atoms with Gasteiger partial charge >= 0.3 is 0 Å². The van der Waals surface area contributed by atoms with E-state index in [2.05, 4.69) is 36.5 Å². The minimum Gasteiger partial charge on any atom is -0.349 e. The maximum Gasteiger partial charge on any atom is 0.223 e. The number of nitrogens with one attached hydrogen (secondary N) is 1. The molecule has 4 nitrogen and oxygen atoms in total. The van der Waals surface area contributed by atoms with Crippen molar-refractivity contribution in [2.45, 2.75) is 58.0 Å². The lowest BCUT2D eigenvalue weighted by atomic mass is 9.93. The molecule has 7 heteroatoms. The second-order valence-corrected chi connectivity index (χ2v) is 7.31. The number of thiazole rings is 1. The number of nitrogens with zero attached hydrogens (tertiary/aromatic N) is 1. The molecule has 3 N–H and O–H groups in total. The molecule has 0 bridgehead atoms. The van der Waals surface area contributed by atoms with Gasteiger partial charge in [0.1, 0.15) is 5.01 Å². The number of hydrogen-bond donors (Lipinski definition) is 2. The number of carbonyl (C=O) groups excluding carboxylic acids is 1. The molecule has 0 radical (unpaired) electrons. The molecule has 0 spiro atoms. The molecule has 1 heterocycles. The van der Waals surface area contributed by atoms with Crippen LogP contribution in [0.3, 0.4) is 0 Å². The van der Waals surface area contributed by atoms with Crippen molar-refractivity contribution in [2.24, 2.45) is 11.7 Å². The third-order valence-electron chi connectivity index (χ3n) is 3.58. The van der Waals surface area contributed by atoms with E-state index in [-0.39, 0.29) is 48.1 Å². The highest BCUT2D eigenvalue weighted by Gasteiger charge is 2.27. The molecular weight excluding hydrogens is 329 g/mol. The first-order valence-electron chi connectivity index (χ1n) is 6.84. The summed E-state index contributed by atoms with van der Waals surface area (Å²) in [7, 11) is 0. The van der Waals surface area contributed by atoms with Crippen LogP contribution in [-0.2, 0) is 16.8 Å². The largest absolute Gasteiger partial charge is 0.349 e. The van der Waals surface area contributed by atoms with Crippen LogP contribution in [0, 0.1) is 5.92 Å². The van der Waals surface area contributed by atoms with Crippen molar-refractivity contribution in [2.75, 3.05) is 0 Å². The second kappa shape index (κ2) is 8.32. The molecule has 0 aromatic carbocycles. The van der Waals surface area contributed by atoms with Gasteiger partial charge in [-0.05, 0) is 19.3 Å². The second-order valence-electron chi connectivity index (χ2n) is 6.36. The third-order valence-corrected chi connectivity index (χ3v) is 4.43. The Morgan fingerprint density at radius 1 is 1.43 bits per heavy atom. The highest BCUT2D eigenvalue weighted by molar-refractivity contribution is 7.09. The Labute approximate surface area is 143 Å². The van der Waals surface area contributed by atoms with Crippen LogP contribution in [-0.4, -0.2) is 16.9 Å². The highest BCUT2D eigenvalue weighted by atomic mass is 35.5. The lowest BCUT2D eigenvalue weighted by Gasteiger charge is -2.14. The predicted molar refractivity (Wildman–Crippen MR) is 92.5 cm³/mol. The summed E-state index contributed by atoms with van der Waals surface area (Å²) in [5, 5.41) is 6.03. The lowest BCUT2D eigenvalue weighted by molar-refractivity contribution is -0.125. The zero-order valence-electron chi connectivity index (χ0n) is 12.7. The monoisotopic (exact) mass is 353 g/mol. The Kier molecular flexibility index (Phi) is 8.18. The quantitative estimate of drug-likeness (QED) is 0.877. The molecular formula is C14H25Cl2N3OS. The summed E-state index contributed by atoms with van der Waals surface area (Å²) in [5.41, 5.74) is 6.99. The topological polar surface area (TPSA) is 68.0 Å². The highest BCUT2D eigenvalue weighted by Crippen LogP contribution is 2.25. The molecule has 2 atom stereocenters. The zero-order chi connectivity index (χ0) is 14.0. The number of nitrogens with two attached hydrogens (primary N) is 1. The Bertz CT molecular complexity index is 459. The Morgan fingerprint density at radius 2 is 2.10 bits per heavy atom. The minimum absolute atomic E-state index is 0. The van der Waals surface area contributed by atoms with E-state index < -0.39 is 0 Å². The van der Waals surface area contributed by atoms with Gasteiger partial charge < -0.3 is 11.1 Å². The van der Waals surface area contributed by atoms with Crippen LogP contribution in [0.15, 0.2) is 5.38 Å². The first-order valence-corrected chi connectivity index (χ1v) is 7.72. The van der Waals surface area contributed by atoms with Crippen LogP contribution in [0.4, 0.5) is 0 Å². The van der Waals surface area contributed by atoms with Gasteiger partial charge in [0.2, 0.25) is 5.91 Å². The van der Waals surface area contributed by atoms with Crippen molar-refractivity contribution in [1.29, 1.82) is 0 Å². The lowest BCUT2D eigenvalue weighted by Crippen LogP contribution is -2.30. The van der Waals surface area contributed by atoms with Crippen molar-refractivity contribution >= 4 is 42.1 Å². The Morgan fingerprint density at radius 3 is 2.57 bits per heavy atom. The summed E-state index contributed by atoms with van der Waals surface area (Å²) in [6.45, 7) is 6.96. The van der Waals surface area contributed by atoms with Crippen molar-refractivity contribution < 1.29 is 4.79 Å². The van der Waals surface area contributed by atoms with E-state index in [1.54, 1.807) is 11.3 Å². The van der Waals surface area contributed by atoms with Crippen molar-refractivity contribution in [1.82, 2.24) is 10.3 Å². The van der Waals surface area contributed by atoms with Gasteiger partial charge in [0, 0.05) is 22.8 Å². The predicted octanol–water partition coefficient (Wildman–Crippen LogP) is 3.03. The van der Waals surface area contributed by atoms with Gasteiger partial charge in [-0.3, -0.25) is 4.79 Å². The third kappa shape index (κ3) is 5.74. The van der Waals surface area contributed by atoms with E-state index in [1.807, 2.05) is 0 Å². The van der Waals surface area contributed by atoms with Gasteiger partial charge in [-0.25, -0.2) is 4.98 Å². The molecule has 0 saturated heterocycles. The Hall–Kier alpha value is -0.360. The van der Waals surface area contributed by atoms with Crippen LogP contribution in [0.1, 0.15) is 50.7 Å². The summed E-state index contributed by atoms with van der Waals surface area (Å²) < 4.78 is 0. The fourth-order valence-corrected chi connectivity index (χ4v) is 3.26. The first kappa shape index (κ1) is 20.6. The first-order chi connectivity index (χ1) is 8.86. The molecule has 0 aliphatic heterocycles. The smallest absolute Gasteiger partial charge is 0.223 e. The van der Waals surface area contributed by atoms with Gasteiger partial charge in [-0.1, -0.05) is 20.8 Å². The van der Waals surface area contributed by atoms with Crippen LogP contribution < -0.4 is 11.1 Å². The summed E-state index contributed by atoms with van der Waals surface area (Å²) >= 11 is 1.61. The van der Waals surface area contributed by atoms with E-state index in [0.29, 0.717) is 6.54 Å². The minimum atomic E-state index is 0. The summed E-state index contributed by atoms with van der Waals surface area (Å²) in [6.07, 6.45) is 2.69. The number of halogens is 2. The summed E-state index contributed by atoms with van der Waals surface area (Å²) in [6, 6.07) is 0.197. The normalized spacial score (nSPS) is 21.3. The van der Waals surface area contributed by atoms with Crippen LogP contribution in [0.5, 0.6) is 0 Å². The SMILES string of the molecule is CC(C)(C)c1csc(CNC(=O)C2CCC(N)C2)n1.Cl.Cl. The molecule has 2 unspecified atom stereocenters. The molecule has 2 rings (SSSR count). The van der Waals surface area contributed by atoms with E-state index in [0.717, 1.165) is 30.0 Å². The van der Waals surface area contributed by atoms with Gasteiger partial charge in [0.25, 0.3) is 0 Å². The molecule has 1 aliphatic carbocycles. The maximum absolute atomic E-state index is 12.0. The maximum atomic E-state index is 12.0. The molecule has 1 aromatic rings. The molecule has 1 aromatic heterocycles. The van der Waals surface area contributed by atoms with Crippen LogP contribution in [0.25, 0.3) is 0 Å². The van der Waals surface area contributed by atoms with Gasteiger partial charge in [-0.15, -0.1) is 36.2 Å². The fraction of sp³-hybridized carbons (Fsp3) is 0.714. The number of aromatic nitrogens is 1.